The van der Waals surface area contributed by atoms with Gasteiger partial charge >= 0.3 is 6.09 Å². The summed E-state index contributed by atoms with van der Waals surface area (Å²) in [7, 11) is 0. The van der Waals surface area contributed by atoms with E-state index in [4.69, 9.17) is 10.5 Å². The van der Waals surface area contributed by atoms with Crippen LogP contribution < -0.4 is 16.4 Å². The summed E-state index contributed by atoms with van der Waals surface area (Å²) in [5.74, 6) is -2.80. The van der Waals surface area contributed by atoms with E-state index in [1.54, 1.807) is 20.8 Å². The van der Waals surface area contributed by atoms with Crippen molar-refractivity contribution in [2.45, 2.75) is 99.1 Å². The highest BCUT2D eigenvalue weighted by Crippen LogP contribution is 2.67. The summed E-state index contributed by atoms with van der Waals surface area (Å²) in [6, 6.07) is -2.72. The minimum atomic E-state index is -1.09. The molecule has 1 heterocycles. The van der Waals surface area contributed by atoms with Gasteiger partial charge in [0, 0.05) is 18.4 Å². The van der Waals surface area contributed by atoms with E-state index in [2.05, 4.69) is 42.5 Å². The first kappa shape index (κ1) is 29.3. The Labute approximate surface area is 240 Å². The molecule has 3 aliphatic carbocycles. The van der Waals surface area contributed by atoms with E-state index in [1.165, 1.54) is 4.90 Å². The van der Waals surface area contributed by atoms with Gasteiger partial charge in [-0.05, 0) is 51.9 Å². The van der Waals surface area contributed by atoms with Crippen molar-refractivity contribution in [3.8, 4) is 0 Å². The molecule has 212 valence electrons. The van der Waals surface area contributed by atoms with E-state index >= 15 is 0 Å². The molecule has 0 aromatic rings. The Hall–Kier alpha value is -1.69. The fraction of sp³-hybridized carbons (Fsp3) is 0.808. The molecule has 12 heteroatoms. The number of piperidine rings is 1. The lowest BCUT2D eigenvalue weighted by Gasteiger charge is -2.37. The minimum Gasteiger partial charge on any atom is -0.444 e. The highest BCUT2D eigenvalue weighted by molar-refractivity contribution is 9.25. The zero-order chi connectivity index (χ0) is 28.0. The number of hydrogen-bond acceptors (Lipinski definition) is 6. The number of alkyl halides is 2. The maximum absolute atomic E-state index is 14.1. The quantitative estimate of drug-likeness (QED) is 0.256. The number of Topliss-reactive ketones (excluding diaryl/α,β-unsaturated/α-hetero) is 1. The summed E-state index contributed by atoms with van der Waals surface area (Å²) in [6.45, 7) is 5.59. The van der Waals surface area contributed by atoms with Crippen molar-refractivity contribution in [3.05, 3.63) is 0 Å². The lowest BCUT2D eigenvalue weighted by Crippen LogP contribution is -2.60. The topological polar surface area (TPSA) is 148 Å². The van der Waals surface area contributed by atoms with Gasteiger partial charge in [0.1, 0.15) is 17.7 Å². The van der Waals surface area contributed by atoms with Gasteiger partial charge in [0.15, 0.2) is 0 Å². The Balaban J connectivity index is 1.55. The number of carbonyl (C=O) groups is 5. The van der Waals surface area contributed by atoms with Gasteiger partial charge in [-0.25, -0.2) is 4.79 Å². The third kappa shape index (κ3) is 6.54. The van der Waals surface area contributed by atoms with Crippen LogP contribution >= 0.6 is 31.9 Å². The summed E-state index contributed by atoms with van der Waals surface area (Å²) >= 11 is 7.28. The molecule has 1 saturated heterocycles. The Morgan fingerprint density at radius 1 is 1.03 bits per heavy atom. The monoisotopic (exact) mass is 660 g/mol. The molecular formula is C26H38Br2N4O6. The number of halogens is 2. The van der Waals surface area contributed by atoms with Crippen LogP contribution in [0.5, 0.6) is 0 Å². The maximum Gasteiger partial charge on any atom is 0.408 e. The third-order valence-electron chi connectivity index (χ3n) is 8.09. The number of nitrogens with two attached hydrogens (primary N) is 1. The molecule has 4 fully saturated rings. The number of hydrogen-bond donors (Lipinski definition) is 3. The van der Waals surface area contributed by atoms with Gasteiger partial charge < -0.3 is 26.0 Å². The second-order valence-corrected chi connectivity index (χ2v) is 15.9. The Morgan fingerprint density at radius 2 is 1.66 bits per heavy atom. The minimum absolute atomic E-state index is 0.0237. The number of alkyl carbamates (subject to hydrolysis) is 1. The molecular weight excluding hydrogens is 624 g/mol. The average Bonchev–Trinajstić information content (AvgIpc) is 3.68. The SMILES string of the molecule is CC(C)(C)OC(=O)NC(C(=O)N1CC2C(C1C(=O)NC(CC1CC1)C(=O)C(N)=O)C2(Br)Br)C1CCCCC1. The third-order valence-corrected chi connectivity index (χ3v) is 10.3. The van der Waals surface area contributed by atoms with Crippen LogP contribution in [0.3, 0.4) is 0 Å². The molecule has 4 amide bonds. The normalized spacial score (nSPS) is 28.0. The van der Waals surface area contributed by atoms with Crippen LogP contribution in [0.1, 0.15) is 72.1 Å². The van der Waals surface area contributed by atoms with Gasteiger partial charge in [-0.2, -0.15) is 0 Å². The summed E-state index contributed by atoms with van der Waals surface area (Å²) in [6.07, 6.45) is 6.13. The molecule has 0 aromatic carbocycles. The Morgan fingerprint density at radius 3 is 2.21 bits per heavy atom. The van der Waals surface area contributed by atoms with Crippen LogP contribution in [0.4, 0.5) is 4.79 Å². The maximum atomic E-state index is 14.1. The van der Waals surface area contributed by atoms with E-state index in [1.807, 2.05) is 0 Å². The number of amides is 4. The molecule has 1 aliphatic heterocycles. The van der Waals surface area contributed by atoms with Crippen molar-refractivity contribution in [1.29, 1.82) is 0 Å². The van der Waals surface area contributed by atoms with Gasteiger partial charge in [-0.3, -0.25) is 19.2 Å². The van der Waals surface area contributed by atoms with E-state index in [-0.39, 0.29) is 29.6 Å². The lowest BCUT2D eigenvalue weighted by molar-refractivity contribution is -0.144. The smallest absolute Gasteiger partial charge is 0.408 e. The molecule has 5 unspecified atom stereocenters. The fourth-order valence-electron chi connectivity index (χ4n) is 5.94. The van der Waals surface area contributed by atoms with Gasteiger partial charge in [0.05, 0.1) is 9.28 Å². The number of ketones is 1. The second-order valence-electron chi connectivity index (χ2n) is 12.2. The highest BCUT2D eigenvalue weighted by atomic mass is 79.9. The number of likely N-dealkylation sites (tertiary alicyclic amines) is 1. The van der Waals surface area contributed by atoms with Crippen LogP contribution in [0, 0.1) is 23.7 Å². The highest BCUT2D eigenvalue weighted by Gasteiger charge is 2.73. The lowest BCUT2D eigenvalue weighted by atomic mass is 9.83. The van der Waals surface area contributed by atoms with E-state index < -0.39 is 50.7 Å². The van der Waals surface area contributed by atoms with Gasteiger partial charge in [0.2, 0.25) is 17.6 Å². The number of nitrogens with zero attached hydrogens (tertiary/aromatic N) is 1. The molecule has 0 radical (unpaired) electrons. The van der Waals surface area contributed by atoms with E-state index in [0.29, 0.717) is 13.0 Å². The predicted molar refractivity (Wildman–Crippen MR) is 146 cm³/mol. The zero-order valence-electron chi connectivity index (χ0n) is 22.1. The first-order valence-corrected chi connectivity index (χ1v) is 15.1. The van der Waals surface area contributed by atoms with Crippen molar-refractivity contribution < 1.29 is 28.7 Å². The van der Waals surface area contributed by atoms with Gasteiger partial charge in [0.25, 0.3) is 5.91 Å². The van der Waals surface area contributed by atoms with Crippen LogP contribution in [0.15, 0.2) is 0 Å². The van der Waals surface area contributed by atoms with Crippen molar-refractivity contribution in [2.75, 3.05) is 6.54 Å². The fourth-order valence-corrected chi connectivity index (χ4v) is 7.68. The van der Waals surface area contributed by atoms with E-state index in [9.17, 15) is 24.0 Å². The summed E-state index contributed by atoms with van der Waals surface area (Å²) in [5.41, 5.74) is 4.53. The first-order chi connectivity index (χ1) is 17.7. The zero-order valence-corrected chi connectivity index (χ0v) is 25.3. The van der Waals surface area contributed by atoms with Crippen molar-refractivity contribution in [3.63, 3.8) is 0 Å². The van der Waals surface area contributed by atoms with Gasteiger partial charge in [-0.1, -0.05) is 64.0 Å². The number of ether oxygens (including phenoxy) is 1. The van der Waals surface area contributed by atoms with Crippen molar-refractivity contribution >= 4 is 61.5 Å². The molecule has 38 heavy (non-hydrogen) atoms. The van der Waals surface area contributed by atoms with Crippen LogP contribution in [0.2, 0.25) is 0 Å². The first-order valence-electron chi connectivity index (χ1n) is 13.5. The standard InChI is InChI=1S/C26H38Br2N4O6/c1-25(2,3)38-24(37)31-18(14-7-5-4-6-8-14)23(36)32-12-15-17(26(15,27)28)19(32)22(35)30-16(11-13-9-10-13)20(33)21(29)34/h13-19H,4-12H2,1-3H3,(H2,29,34)(H,30,35)(H,31,37). The summed E-state index contributed by atoms with van der Waals surface area (Å²) in [4.78, 5) is 66.1. The van der Waals surface area contributed by atoms with Crippen LogP contribution in [0.25, 0.3) is 0 Å². The van der Waals surface area contributed by atoms with Crippen LogP contribution in [-0.4, -0.2) is 68.0 Å². The number of fused-ring (bicyclic) bond motifs is 1. The number of rotatable bonds is 9. The molecule has 10 nitrogen and oxygen atoms in total. The molecule has 4 aliphatic rings. The Kier molecular flexibility index (Phi) is 8.53. The predicted octanol–water partition coefficient (Wildman–Crippen LogP) is 2.74. The largest absolute Gasteiger partial charge is 0.444 e. The van der Waals surface area contributed by atoms with E-state index in [0.717, 1.165) is 44.9 Å². The molecule has 5 atom stereocenters. The summed E-state index contributed by atoms with van der Waals surface area (Å²) in [5, 5.41) is 5.56. The Bertz CT molecular complexity index is 989. The van der Waals surface area contributed by atoms with Crippen LogP contribution in [-0.2, 0) is 23.9 Å². The number of nitrogens with one attached hydrogen (secondary N) is 2. The molecule has 0 bridgehead atoms. The van der Waals surface area contributed by atoms with Crippen molar-refractivity contribution in [2.24, 2.45) is 29.4 Å². The van der Waals surface area contributed by atoms with Crippen molar-refractivity contribution in [1.82, 2.24) is 15.5 Å². The molecule has 3 saturated carbocycles. The molecule has 0 aromatic heterocycles. The number of primary amides is 1. The second kappa shape index (κ2) is 11.1. The molecule has 4 N–H and O–H groups in total. The summed E-state index contributed by atoms with van der Waals surface area (Å²) < 4.78 is 4.95. The number of carbonyl (C=O) groups excluding carboxylic acids is 5. The molecule has 0 spiro atoms. The van der Waals surface area contributed by atoms with Gasteiger partial charge in [-0.15, -0.1) is 0 Å². The average molecular weight is 662 g/mol. The molecule has 4 rings (SSSR count).